The second-order valence-corrected chi connectivity index (χ2v) is 5.25. The Balaban J connectivity index is 1.95. The van der Waals surface area contributed by atoms with E-state index in [1.54, 1.807) is 0 Å². The van der Waals surface area contributed by atoms with Gasteiger partial charge in [-0.2, -0.15) is 0 Å². The fraction of sp³-hybridized carbons (Fsp3) is 0.500. The molecule has 0 spiro atoms. The van der Waals surface area contributed by atoms with Crippen molar-refractivity contribution in [2.45, 2.75) is 38.0 Å². The van der Waals surface area contributed by atoms with E-state index in [1.165, 1.54) is 5.56 Å². The van der Waals surface area contributed by atoms with Crippen LogP contribution in [0.2, 0.25) is 5.02 Å². The van der Waals surface area contributed by atoms with Gasteiger partial charge in [0.1, 0.15) is 0 Å². The largest absolute Gasteiger partial charge is 0.355 e. The highest BCUT2D eigenvalue weighted by Gasteiger charge is 2.44. The number of hydrogen-bond donors (Lipinski definition) is 1. The van der Waals surface area contributed by atoms with Gasteiger partial charge in [0, 0.05) is 23.4 Å². The number of carbonyl (C=O) groups is 1. The highest BCUT2D eigenvalue weighted by Crippen LogP contribution is 2.47. The van der Waals surface area contributed by atoms with Crippen LogP contribution in [0.15, 0.2) is 24.3 Å². The van der Waals surface area contributed by atoms with Gasteiger partial charge in [-0.15, -0.1) is 0 Å². The summed E-state index contributed by atoms with van der Waals surface area (Å²) in [4.78, 5) is 11.5. The van der Waals surface area contributed by atoms with E-state index in [2.05, 4.69) is 17.4 Å². The quantitative estimate of drug-likeness (QED) is 0.855. The average Bonchev–Trinajstić information content (AvgIpc) is 3.09. The summed E-state index contributed by atoms with van der Waals surface area (Å²) in [6.07, 6.45) is 3.83. The molecule has 1 aromatic rings. The molecule has 1 amide bonds. The molecule has 1 aliphatic carbocycles. The van der Waals surface area contributed by atoms with E-state index in [0.717, 1.165) is 30.8 Å². The van der Waals surface area contributed by atoms with Crippen LogP contribution < -0.4 is 5.32 Å². The molecule has 0 saturated heterocycles. The van der Waals surface area contributed by atoms with Crippen LogP contribution in [0, 0.1) is 0 Å². The lowest BCUT2D eigenvalue weighted by Gasteiger charge is -2.16. The minimum absolute atomic E-state index is 0.160. The minimum atomic E-state index is 0.160. The van der Waals surface area contributed by atoms with E-state index in [1.807, 2.05) is 19.1 Å². The van der Waals surface area contributed by atoms with Crippen LogP contribution in [0.3, 0.4) is 0 Å². The van der Waals surface area contributed by atoms with Crippen LogP contribution in [0.25, 0.3) is 0 Å². The summed E-state index contributed by atoms with van der Waals surface area (Å²) in [5.41, 5.74) is 1.47. The Bertz CT molecular complexity index is 395. The van der Waals surface area contributed by atoms with Crippen molar-refractivity contribution in [2.24, 2.45) is 0 Å². The third-order valence-corrected chi connectivity index (χ3v) is 3.66. The number of hydrogen-bond acceptors (Lipinski definition) is 1. The Hall–Kier alpha value is -1.02. The van der Waals surface area contributed by atoms with Gasteiger partial charge in [-0.25, -0.2) is 0 Å². The van der Waals surface area contributed by atoms with Crippen molar-refractivity contribution < 1.29 is 4.79 Å². The van der Waals surface area contributed by atoms with Gasteiger partial charge in [-0.3, -0.25) is 4.79 Å². The maximum Gasteiger partial charge on any atom is 0.220 e. The van der Waals surface area contributed by atoms with Crippen molar-refractivity contribution >= 4 is 17.5 Å². The van der Waals surface area contributed by atoms with E-state index in [4.69, 9.17) is 11.6 Å². The second kappa shape index (κ2) is 5.09. The van der Waals surface area contributed by atoms with Crippen LogP contribution in [0.1, 0.15) is 38.2 Å². The first-order valence-corrected chi connectivity index (χ1v) is 6.57. The van der Waals surface area contributed by atoms with Crippen molar-refractivity contribution in [1.82, 2.24) is 5.32 Å². The van der Waals surface area contributed by atoms with Gasteiger partial charge >= 0.3 is 0 Å². The first kappa shape index (κ1) is 12.4. The zero-order valence-electron chi connectivity index (χ0n) is 10.1. The standard InChI is InChI=1S/C14H18ClNO/c1-2-3-13(17)16-10-14(8-9-14)11-4-6-12(15)7-5-11/h4-7H,2-3,8-10H2,1H3,(H,16,17). The molecule has 0 atom stereocenters. The number of rotatable bonds is 5. The van der Waals surface area contributed by atoms with Crippen molar-refractivity contribution in [3.8, 4) is 0 Å². The van der Waals surface area contributed by atoms with E-state index < -0.39 is 0 Å². The van der Waals surface area contributed by atoms with Crippen molar-refractivity contribution in [1.29, 1.82) is 0 Å². The number of benzene rings is 1. The number of nitrogens with one attached hydrogen (secondary N) is 1. The Kier molecular flexibility index (Phi) is 3.72. The lowest BCUT2D eigenvalue weighted by Crippen LogP contribution is -2.31. The van der Waals surface area contributed by atoms with E-state index in [0.29, 0.717) is 6.42 Å². The Morgan fingerprint density at radius 3 is 2.53 bits per heavy atom. The Labute approximate surface area is 107 Å². The predicted molar refractivity (Wildman–Crippen MR) is 70.3 cm³/mol. The third kappa shape index (κ3) is 3.01. The van der Waals surface area contributed by atoms with Crippen LogP contribution in [-0.4, -0.2) is 12.5 Å². The fourth-order valence-electron chi connectivity index (χ4n) is 2.11. The molecule has 0 heterocycles. The fourth-order valence-corrected chi connectivity index (χ4v) is 2.23. The van der Waals surface area contributed by atoms with Crippen LogP contribution in [0.4, 0.5) is 0 Å². The molecule has 0 aliphatic heterocycles. The molecule has 92 valence electrons. The predicted octanol–water partition coefficient (Wildman–Crippen LogP) is 3.29. The Morgan fingerprint density at radius 2 is 2.00 bits per heavy atom. The molecule has 1 saturated carbocycles. The SMILES string of the molecule is CCCC(=O)NCC1(c2ccc(Cl)cc2)CC1. The molecular weight excluding hydrogens is 234 g/mol. The summed E-state index contributed by atoms with van der Waals surface area (Å²) in [6, 6.07) is 7.98. The molecule has 0 unspecified atom stereocenters. The summed E-state index contributed by atoms with van der Waals surface area (Å²) in [5, 5.41) is 3.79. The maximum atomic E-state index is 11.5. The maximum absolute atomic E-state index is 11.5. The molecule has 2 nitrogen and oxygen atoms in total. The van der Waals surface area contributed by atoms with Crippen LogP contribution in [-0.2, 0) is 10.2 Å². The van der Waals surface area contributed by atoms with E-state index in [9.17, 15) is 4.79 Å². The number of amides is 1. The summed E-state index contributed by atoms with van der Waals surface area (Å²) in [5.74, 6) is 0.160. The number of carbonyl (C=O) groups excluding carboxylic acids is 1. The molecule has 0 bridgehead atoms. The molecule has 2 rings (SSSR count). The first-order valence-electron chi connectivity index (χ1n) is 6.19. The zero-order chi connectivity index (χ0) is 12.3. The van der Waals surface area contributed by atoms with Gasteiger partial charge in [0.15, 0.2) is 0 Å². The molecule has 0 aromatic heterocycles. The molecule has 1 aromatic carbocycles. The van der Waals surface area contributed by atoms with Gasteiger partial charge in [-0.1, -0.05) is 30.7 Å². The zero-order valence-corrected chi connectivity index (χ0v) is 10.9. The van der Waals surface area contributed by atoms with E-state index in [-0.39, 0.29) is 11.3 Å². The third-order valence-electron chi connectivity index (χ3n) is 3.41. The monoisotopic (exact) mass is 251 g/mol. The summed E-state index contributed by atoms with van der Waals surface area (Å²) >= 11 is 5.88. The van der Waals surface area contributed by atoms with Crippen molar-refractivity contribution in [3.63, 3.8) is 0 Å². The molecule has 1 aliphatic rings. The van der Waals surface area contributed by atoms with Gasteiger partial charge in [0.25, 0.3) is 0 Å². The topological polar surface area (TPSA) is 29.1 Å². The highest BCUT2D eigenvalue weighted by atomic mass is 35.5. The average molecular weight is 252 g/mol. The molecule has 1 fully saturated rings. The molecular formula is C14H18ClNO. The van der Waals surface area contributed by atoms with Crippen molar-refractivity contribution in [2.75, 3.05) is 6.54 Å². The smallest absolute Gasteiger partial charge is 0.220 e. The van der Waals surface area contributed by atoms with Crippen molar-refractivity contribution in [3.05, 3.63) is 34.9 Å². The molecule has 17 heavy (non-hydrogen) atoms. The minimum Gasteiger partial charge on any atom is -0.355 e. The molecule has 0 radical (unpaired) electrons. The normalized spacial score (nSPS) is 16.6. The number of halogens is 1. The molecule has 3 heteroatoms. The molecule has 1 N–H and O–H groups in total. The Morgan fingerprint density at radius 1 is 1.35 bits per heavy atom. The van der Waals surface area contributed by atoms with Gasteiger partial charge in [-0.05, 0) is 37.0 Å². The lowest BCUT2D eigenvalue weighted by atomic mass is 9.96. The summed E-state index contributed by atoms with van der Waals surface area (Å²) < 4.78 is 0. The summed E-state index contributed by atoms with van der Waals surface area (Å²) in [6.45, 7) is 2.78. The van der Waals surface area contributed by atoms with Crippen LogP contribution >= 0.6 is 11.6 Å². The first-order chi connectivity index (χ1) is 8.16. The van der Waals surface area contributed by atoms with Gasteiger partial charge in [0.2, 0.25) is 5.91 Å². The van der Waals surface area contributed by atoms with Crippen LogP contribution in [0.5, 0.6) is 0 Å². The second-order valence-electron chi connectivity index (χ2n) is 4.81. The van der Waals surface area contributed by atoms with Gasteiger partial charge < -0.3 is 5.32 Å². The van der Waals surface area contributed by atoms with Gasteiger partial charge in [0.05, 0.1) is 0 Å². The summed E-state index contributed by atoms with van der Waals surface area (Å²) in [7, 11) is 0. The lowest BCUT2D eigenvalue weighted by molar-refractivity contribution is -0.121. The van der Waals surface area contributed by atoms with E-state index >= 15 is 0 Å². The highest BCUT2D eigenvalue weighted by molar-refractivity contribution is 6.30.